The Hall–Kier alpha value is -0.0600. The van der Waals surface area contributed by atoms with Crippen LogP contribution in [0.2, 0.25) is 8.67 Å². The highest BCUT2D eigenvalue weighted by Gasteiger charge is 2.18. The molecule has 0 bridgehead atoms. The average molecular weight is 320 g/mol. The predicted octanol–water partition coefficient (Wildman–Crippen LogP) is 5.51. The van der Waals surface area contributed by atoms with E-state index in [0.717, 1.165) is 27.2 Å². The van der Waals surface area contributed by atoms with E-state index < -0.39 is 0 Å². The molecule has 0 radical (unpaired) electrons. The van der Waals surface area contributed by atoms with Crippen LogP contribution in [0.1, 0.15) is 34.7 Å². The van der Waals surface area contributed by atoms with Crippen LogP contribution in [-0.4, -0.2) is 6.54 Å². The number of hydrogen-bond donors (Lipinski definition) is 1. The van der Waals surface area contributed by atoms with Crippen molar-refractivity contribution in [2.24, 2.45) is 0 Å². The van der Waals surface area contributed by atoms with Gasteiger partial charge in [-0.25, -0.2) is 0 Å². The van der Waals surface area contributed by atoms with Crippen LogP contribution >= 0.6 is 45.9 Å². The van der Waals surface area contributed by atoms with E-state index in [0.29, 0.717) is 0 Å². The van der Waals surface area contributed by atoms with Crippen LogP contribution in [0.4, 0.5) is 0 Å². The standard InChI is InChI=1S/C13H15Cl2NS2/c1-3-6-16-12(9-4-5-11(14)17-9)10-7-8(2)13(15)18-10/h4-5,7,12,16H,3,6H2,1-2H3. The summed E-state index contributed by atoms with van der Waals surface area (Å²) in [6.45, 7) is 5.19. The number of rotatable bonds is 5. The second-order valence-corrected chi connectivity index (χ2v) is 7.57. The molecule has 98 valence electrons. The fraction of sp³-hybridized carbons (Fsp3) is 0.385. The Balaban J connectivity index is 2.30. The molecule has 0 saturated carbocycles. The Morgan fingerprint density at radius 3 is 2.50 bits per heavy atom. The molecule has 5 heteroatoms. The summed E-state index contributed by atoms with van der Waals surface area (Å²) in [7, 11) is 0. The van der Waals surface area contributed by atoms with E-state index in [2.05, 4.69) is 24.4 Å². The summed E-state index contributed by atoms with van der Waals surface area (Å²) in [5, 5.41) is 3.56. The average Bonchev–Trinajstić information content (AvgIpc) is 2.88. The van der Waals surface area contributed by atoms with E-state index >= 15 is 0 Å². The molecule has 1 atom stereocenters. The van der Waals surface area contributed by atoms with Crippen LogP contribution in [0, 0.1) is 6.92 Å². The van der Waals surface area contributed by atoms with E-state index in [1.165, 1.54) is 9.75 Å². The maximum atomic E-state index is 6.17. The van der Waals surface area contributed by atoms with Crippen LogP contribution in [0.3, 0.4) is 0 Å². The first-order valence-electron chi connectivity index (χ1n) is 5.86. The molecule has 2 aromatic rings. The third kappa shape index (κ3) is 3.28. The van der Waals surface area contributed by atoms with Crippen molar-refractivity contribution in [2.45, 2.75) is 26.3 Å². The molecule has 0 spiro atoms. The molecule has 0 aliphatic rings. The molecule has 0 amide bonds. The van der Waals surface area contributed by atoms with Crippen molar-refractivity contribution >= 4 is 45.9 Å². The minimum Gasteiger partial charge on any atom is -0.305 e. The fourth-order valence-electron chi connectivity index (χ4n) is 1.74. The Morgan fingerprint density at radius 1 is 1.22 bits per heavy atom. The molecular weight excluding hydrogens is 305 g/mol. The van der Waals surface area contributed by atoms with E-state index in [4.69, 9.17) is 23.2 Å². The molecule has 0 fully saturated rings. The van der Waals surface area contributed by atoms with Crippen LogP contribution in [0.5, 0.6) is 0 Å². The number of thiophene rings is 2. The van der Waals surface area contributed by atoms with Gasteiger partial charge in [0, 0.05) is 9.75 Å². The van der Waals surface area contributed by atoms with Gasteiger partial charge in [-0.3, -0.25) is 0 Å². The van der Waals surface area contributed by atoms with Gasteiger partial charge in [0.2, 0.25) is 0 Å². The Bertz CT molecular complexity index is 499. The molecule has 18 heavy (non-hydrogen) atoms. The summed E-state index contributed by atoms with van der Waals surface area (Å²) in [5.41, 5.74) is 1.14. The molecule has 2 heterocycles. The number of nitrogens with one attached hydrogen (secondary N) is 1. The Morgan fingerprint density at radius 2 is 2.00 bits per heavy atom. The molecular formula is C13H15Cl2NS2. The van der Waals surface area contributed by atoms with Crippen LogP contribution < -0.4 is 5.32 Å². The maximum absolute atomic E-state index is 6.17. The lowest BCUT2D eigenvalue weighted by atomic mass is 10.2. The van der Waals surface area contributed by atoms with Gasteiger partial charge < -0.3 is 5.32 Å². The summed E-state index contributed by atoms with van der Waals surface area (Å²) in [4.78, 5) is 2.50. The van der Waals surface area contributed by atoms with E-state index in [1.54, 1.807) is 22.7 Å². The zero-order valence-corrected chi connectivity index (χ0v) is 13.4. The van der Waals surface area contributed by atoms with Gasteiger partial charge in [0.1, 0.15) is 0 Å². The number of hydrogen-bond acceptors (Lipinski definition) is 3. The summed E-state index contributed by atoms with van der Waals surface area (Å²) in [6, 6.07) is 6.40. The first-order valence-corrected chi connectivity index (χ1v) is 8.25. The van der Waals surface area contributed by atoms with Crippen LogP contribution in [0.25, 0.3) is 0 Å². The summed E-state index contributed by atoms with van der Waals surface area (Å²) in [5.74, 6) is 0. The first kappa shape index (κ1) is 14.4. The quantitative estimate of drug-likeness (QED) is 0.765. The maximum Gasteiger partial charge on any atom is 0.0961 e. The van der Waals surface area contributed by atoms with Crippen LogP contribution in [-0.2, 0) is 0 Å². The molecule has 0 aliphatic carbocycles. The SMILES string of the molecule is CCCNC(c1ccc(Cl)s1)c1cc(C)c(Cl)s1. The van der Waals surface area contributed by atoms with Crippen molar-refractivity contribution in [2.75, 3.05) is 6.54 Å². The van der Waals surface area contributed by atoms with Gasteiger partial charge in [0.25, 0.3) is 0 Å². The van der Waals surface area contributed by atoms with Gasteiger partial charge in [-0.15, -0.1) is 22.7 Å². The highest BCUT2D eigenvalue weighted by Crippen LogP contribution is 2.37. The van der Waals surface area contributed by atoms with Gasteiger partial charge >= 0.3 is 0 Å². The molecule has 1 nitrogen and oxygen atoms in total. The smallest absolute Gasteiger partial charge is 0.0961 e. The normalized spacial score (nSPS) is 12.9. The first-order chi connectivity index (χ1) is 8.61. The van der Waals surface area contributed by atoms with Gasteiger partial charge in [-0.2, -0.15) is 0 Å². The van der Waals surface area contributed by atoms with Crippen molar-refractivity contribution in [3.63, 3.8) is 0 Å². The molecule has 1 unspecified atom stereocenters. The summed E-state index contributed by atoms with van der Waals surface area (Å²) >= 11 is 15.5. The van der Waals surface area contributed by atoms with Crippen molar-refractivity contribution in [3.8, 4) is 0 Å². The Labute approximate surface area is 126 Å². The lowest BCUT2D eigenvalue weighted by Gasteiger charge is -2.15. The second kappa shape index (κ2) is 6.40. The monoisotopic (exact) mass is 319 g/mol. The third-order valence-corrected chi connectivity index (χ3v) is 5.55. The molecule has 0 saturated heterocycles. The largest absolute Gasteiger partial charge is 0.305 e. The zero-order chi connectivity index (χ0) is 13.1. The second-order valence-electron chi connectivity index (χ2n) is 4.13. The molecule has 1 N–H and O–H groups in total. The summed E-state index contributed by atoms with van der Waals surface area (Å²) in [6.07, 6.45) is 1.10. The number of aryl methyl sites for hydroxylation is 1. The lowest BCUT2D eigenvalue weighted by molar-refractivity contribution is 0.613. The van der Waals surface area contributed by atoms with Gasteiger partial charge in [-0.05, 0) is 43.7 Å². The predicted molar refractivity (Wildman–Crippen MR) is 83.5 cm³/mol. The van der Waals surface area contributed by atoms with Crippen molar-refractivity contribution in [3.05, 3.63) is 42.2 Å². The molecule has 2 rings (SSSR count). The van der Waals surface area contributed by atoms with Gasteiger partial charge in [0.15, 0.2) is 0 Å². The fourth-order valence-corrected chi connectivity index (χ4v) is 4.28. The highest BCUT2D eigenvalue weighted by molar-refractivity contribution is 7.17. The van der Waals surface area contributed by atoms with Crippen molar-refractivity contribution < 1.29 is 0 Å². The minimum atomic E-state index is 0.207. The van der Waals surface area contributed by atoms with Crippen molar-refractivity contribution in [1.82, 2.24) is 5.32 Å². The minimum absolute atomic E-state index is 0.207. The number of halogens is 2. The highest BCUT2D eigenvalue weighted by atomic mass is 35.5. The van der Waals surface area contributed by atoms with Gasteiger partial charge in [0.05, 0.1) is 14.7 Å². The van der Waals surface area contributed by atoms with Crippen molar-refractivity contribution in [1.29, 1.82) is 0 Å². The molecule has 0 aliphatic heterocycles. The topological polar surface area (TPSA) is 12.0 Å². The Kier molecular flexibility index (Phi) is 5.10. The molecule has 2 aromatic heterocycles. The van der Waals surface area contributed by atoms with E-state index in [1.807, 2.05) is 13.0 Å². The molecule has 0 aromatic carbocycles. The lowest BCUT2D eigenvalue weighted by Crippen LogP contribution is -2.21. The zero-order valence-electron chi connectivity index (χ0n) is 10.3. The third-order valence-electron chi connectivity index (χ3n) is 2.64. The summed E-state index contributed by atoms with van der Waals surface area (Å²) < 4.78 is 1.70. The van der Waals surface area contributed by atoms with Crippen LogP contribution in [0.15, 0.2) is 18.2 Å². The van der Waals surface area contributed by atoms with Gasteiger partial charge in [-0.1, -0.05) is 30.1 Å². The van der Waals surface area contributed by atoms with E-state index in [-0.39, 0.29) is 6.04 Å². The van der Waals surface area contributed by atoms with E-state index in [9.17, 15) is 0 Å².